The van der Waals surface area contributed by atoms with E-state index >= 15 is 0 Å². The fraction of sp³-hybridized carbons (Fsp3) is 0.143. The molecule has 11 heteroatoms. The lowest BCUT2D eigenvalue weighted by Gasteiger charge is -2.15. The molecular formula is C14H10ClF3N4O3. The molecule has 0 aliphatic carbocycles. The van der Waals surface area contributed by atoms with Gasteiger partial charge < -0.3 is 5.32 Å². The van der Waals surface area contributed by atoms with E-state index in [0.29, 0.717) is 10.1 Å². The van der Waals surface area contributed by atoms with Gasteiger partial charge in [-0.05, 0) is 18.6 Å². The molecule has 0 spiro atoms. The third kappa shape index (κ3) is 3.63. The molecule has 0 atom stereocenters. The first-order valence-electron chi connectivity index (χ1n) is 6.60. The Morgan fingerprint density at radius 2 is 2.08 bits per heavy atom. The molecule has 0 fully saturated rings. The zero-order valence-corrected chi connectivity index (χ0v) is 13.4. The highest BCUT2D eigenvalue weighted by atomic mass is 35.5. The number of aryl methyl sites for hydroxylation is 1. The standard InChI is InChI=1S/C14H10ClF3N4O3/c1-3-21-12(23)10(15)11(14(16,17)18)20-13(21)19-8-5-4-7(2)6-9(8)22(24)25/h3-6H,1H2,2H3,(H,19,20). The van der Waals surface area contributed by atoms with Crippen molar-refractivity contribution in [1.29, 1.82) is 0 Å². The normalized spacial score (nSPS) is 11.2. The number of nitrogens with zero attached hydrogens (tertiary/aromatic N) is 3. The zero-order valence-electron chi connectivity index (χ0n) is 12.6. The highest BCUT2D eigenvalue weighted by Gasteiger charge is 2.38. The third-order valence-corrected chi connectivity index (χ3v) is 3.45. The summed E-state index contributed by atoms with van der Waals surface area (Å²) < 4.78 is 39.6. The summed E-state index contributed by atoms with van der Waals surface area (Å²) in [4.78, 5) is 25.7. The number of anilines is 2. The van der Waals surface area contributed by atoms with E-state index in [1.54, 1.807) is 6.92 Å². The van der Waals surface area contributed by atoms with Gasteiger partial charge in [-0.25, -0.2) is 4.98 Å². The quantitative estimate of drug-likeness (QED) is 0.645. The van der Waals surface area contributed by atoms with Crippen LogP contribution in [0, 0.1) is 17.0 Å². The second kappa shape index (κ2) is 6.55. The number of hydrogen-bond donors (Lipinski definition) is 1. The van der Waals surface area contributed by atoms with Crippen LogP contribution in [-0.4, -0.2) is 14.5 Å². The molecule has 0 radical (unpaired) electrons. The van der Waals surface area contributed by atoms with Crippen molar-refractivity contribution < 1.29 is 18.1 Å². The number of benzene rings is 1. The van der Waals surface area contributed by atoms with E-state index in [9.17, 15) is 28.1 Å². The minimum Gasteiger partial charge on any atom is -0.319 e. The van der Waals surface area contributed by atoms with E-state index in [4.69, 9.17) is 11.6 Å². The summed E-state index contributed by atoms with van der Waals surface area (Å²) in [6.45, 7) is 4.92. The molecule has 0 unspecified atom stereocenters. The lowest BCUT2D eigenvalue weighted by molar-refractivity contribution is -0.384. The highest BCUT2D eigenvalue weighted by molar-refractivity contribution is 6.31. The molecule has 132 valence electrons. The SMILES string of the molecule is C=Cn1c(Nc2ccc(C)cc2[N+](=O)[O-])nc(C(F)(F)F)c(Cl)c1=O. The topological polar surface area (TPSA) is 90.1 Å². The van der Waals surface area contributed by atoms with Crippen LogP contribution >= 0.6 is 11.6 Å². The average Bonchev–Trinajstić information content (AvgIpc) is 2.51. The van der Waals surface area contributed by atoms with Crippen molar-refractivity contribution in [1.82, 2.24) is 9.55 Å². The summed E-state index contributed by atoms with van der Waals surface area (Å²) in [5, 5.41) is 12.4. The Kier molecular flexibility index (Phi) is 4.84. The average molecular weight is 375 g/mol. The van der Waals surface area contributed by atoms with E-state index < -0.39 is 39.0 Å². The number of nitro benzene ring substituents is 1. The molecule has 0 aliphatic rings. The van der Waals surface area contributed by atoms with Crippen LogP contribution in [0.1, 0.15) is 11.3 Å². The van der Waals surface area contributed by atoms with Crippen molar-refractivity contribution in [3.8, 4) is 0 Å². The van der Waals surface area contributed by atoms with Gasteiger partial charge >= 0.3 is 6.18 Å². The largest absolute Gasteiger partial charge is 0.435 e. The molecule has 0 saturated heterocycles. The molecule has 1 heterocycles. The Morgan fingerprint density at radius 3 is 2.60 bits per heavy atom. The Bertz CT molecular complexity index is 925. The van der Waals surface area contributed by atoms with Gasteiger partial charge in [0.05, 0.1) is 4.92 Å². The van der Waals surface area contributed by atoms with Crippen LogP contribution in [0.4, 0.5) is 30.5 Å². The lowest BCUT2D eigenvalue weighted by Crippen LogP contribution is -2.25. The molecule has 0 bridgehead atoms. The van der Waals surface area contributed by atoms with Gasteiger partial charge in [0.2, 0.25) is 5.95 Å². The van der Waals surface area contributed by atoms with Crippen molar-refractivity contribution in [3.63, 3.8) is 0 Å². The van der Waals surface area contributed by atoms with Crippen LogP contribution in [0.25, 0.3) is 6.20 Å². The van der Waals surface area contributed by atoms with Crippen LogP contribution in [0.3, 0.4) is 0 Å². The van der Waals surface area contributed by atoms with Crippen LogP contribution in [0.2, 0.25) is 5.02 Å². The Hall–Kier alpha value is -2.88. The Morgan fingerprint density at radius 1 is 1.44 bits per heavy atom. The van der Waals surface area contributed by atoms with Gasteiger partial charge in [-0.3, -0.25) is 19.5 Å². The first kappa shape index (κ1) is 18.5. The molecule has 1 N–H and O–H groups in total. The van der Waals surface area contributed by atoms with Gasteiger partial charge in [-0.15, -0.1) is 0 Å². The summed E-state index contributed by atoms with van der Waals surface area (Å²) in [6, 6.07) is 4.01. The van der Waals surface area contributed by atoms with Crippen molar-refractivity contribution >= 4 is 35.1 Å². The molecule has 2 rings (SSSR count). The molecule has 1 aromatic carbocycles. The first-order valence-corrected chi connectivity index (χ1v) is 6.98. The van der Waals surface area contributed by atoms with Crippen LogP contribution in [0.15, 0.2) is 29.6 Å². The smallest absolute Gasteiger partial charge is 0.319 e. The Balaban J connectivity index is 2.68. The molecule has 25 heavy (non-hydrogen) atoms. The number of hydrogen-bond acceptors (Lipinski definition) is 5. The number of aromatic nitrogens is 2. The van der Waals surface area contributed by atoms with Crippen LogP contribution < -0.4 is 10.9 Å². The molecule has 0 aliphatic heterocycles. The van der Waals surface area contributed by atoms with E-state index in [1.807, 2.05) is 0 Å². The zero-order chi connectivity index (χ0) is 18.9. The summed E-state index contributed by atoms with van der Waals surface area (Å²) in [6.07, 6.45) is -4.09. The van der Waals surface area contributed by atoms with E-state index in [-0.39, 0.29) is 5.69 Å². The van der Waals surface area contributed by atoms with Gasteiger partial charge in [-0.2, -0.15) is 13.2 Å². The Labute approximate surface area is 143 Å². The second-order valence-electron chi connectivity index (χ2n) is 4.86. The molecule has 0 saturated carbocycles. The summed E-state index contributed by atoms with van der Waals surface area (Å²) in [5.41, 5.74) is -2.79. The maximum Gasteiger partial charge on any atom is 0.435 e. The van der Waals surface area contributed by atoms with Crippen molar-refractivity contribution in [3.05, 3.63) is 61.5 Å². The van der Waals surface area contributed by atoms with Gasteiger partial charge in [0.25, 0.3) is 11.2 Å². The fourth-order valence-electron chi connectivity index (χ4n) is 1.98. The predicted octanol–water partition coefficient (Wildman–Crippen LogP) is 3.98. The maximum atomic E-state index is 13.0. The summed E-state index contributed by atoms with van der Waals surface area (Å²) >= 11 is 5.44. The monoisotopic (exact) mass is 374 g/mol. The van der Waals surface area contributed by atoms with E-state index in [2.05, 4.69) is 16.9 Å². The van der Waals surface area contributed by atoms with Gasteiger partial charge in [0.15, 0.2) is 5.69 Å². The first-order chi connectivity index (χ1) is 11.6. The van der Waals surface area contributed by atoms with Crippen molar-refractivity contribution in [2.75, 3.05) is 5.32 Å². The number of rotatable bonds is 4. The predicted molar refractivity (Wildman–Crippen MR) is 86.0 cm³/mol. The van der Waals surface area contributed by atoms with Crippen molar-refractivity contribution in [2.24, 2.45) is 0 Å². The molecule has 0 amide bonds. The van der Waals surface area contributed by atoms with Gasteiger partial charge in [-0.1, -0.05) is 24.2 Å². The molecular weight excluding hydrogens is 365 g/mol. The second-order valence-corrected chi connectivity index (χ2v) is 5.23. The molecule has 7 nitrogen and oxygen atoms in total. The summed E-state index contributed by atoms with van der Waals surface area (Å²) in [5.74, 6) is -0.608. The van der Waals surface area contributed by atoms with E-state index in [1.165, 1.54) is 18.2 Å². The van der Waals surface area contributed by atoms with Gasteiger partial charge in [0.1, 0.15) is 10.7 Å². The molecule has 2 aromatic rings. The minimum absolute atomic E-state index is 0.145. The number of nitro groups is 1. The van der Waals surface area contributed by atoms with E-state index in [0.717, 1.165) is 6.20 Å². The van der Waals surface area contributed by atoms with Crippen LogP contribution in [-0.2, 0) is 6.18 Å². The fourth-order valence-corrected chi connectivity index (χ4v) is 2.22. The maximum absolute atomic E-state index is 13.0. The highest BCUT2D eigenvalue weighted by Crippen LogP contribution is 2.33. The summed E-state index contributed by atoms with van der Waals surface area (Å²) in [7, 11) is 0. The third-order valence-electron chi connectivity index (χ3n) is 3.11. The minimum atomic E-state index is -4.98. The number of halogens is 4. The lowest BCUT2D eigenvalue weighted by atomic mass is 10.2. The van der Waals surface area contributed by atoms with Gasteiger partial charge in [0, 0.05) is 12.3 Å². The van der Waals surface area contributed by atoms with Crippen LogP contribution in [0.5, 0.6) is 0 Å². The number of nitrogens with one attached hydrogen (secondary N) is 1. The molecule has 1 aromatic heterocycles. The van der Waals surface area contributed by atoms with Crippen molar-refractivity contribution in [2.45, 2.75) is 13.1 Å². The number of alkyl halides is 3.